The number of nitrogens with zero attached hydrogens (tertiary/aromatic N) is 1. The second kappa shape index (κ2) is 6.97. The van der Waals surface area contributed by atoms with Gasteiger partial charge in [-0.05, 0) is 23.9 Å². The molecule has 0 aliphatic heterocycles. The molecule has 1 amide bonds. The molecule has 2 N–H and O–H groups in total. The third-order valence-corrected chi connectivity index (χ3v) is 3.48. The predicted molar refractivity (Wildman–Crippen MR) is 77.0 cm³/mol. The van der Waals surface area contributed by atoms with Crippen molar-refractivity contribution in [1.82, 2.24) is 15.3 Å². The number of carbonyl (C=O) groups excluding carboxylic acids is 1. The number of hydrogen-bond acceptors (Lipinski definition) is 5. The molecule has 0 unspecified atom stereocenters. The smallest absolute Gasteiger partial charge is 0.346 e. The van der Waals surface area contributed by atoms with Crippen LogP contribution in [-0.4, -0.2) is 36.1 Å². The number of carbonyl (C=O) groups is 1. The fourth-order valence-corrected chi connectivity index (χ4v) is 2.35. The summed E-state index contributed by atoms with van der Waals surface area (Å²) in [5.74, 6) is -0.356. The molecule has 0 saturated heterocycles. The lowest BCUT2D eigenvalue weighted by Crippen LogP contribution is -2.28. The first-order chi connectivity index (χ1) is 9.70. The molecule has 2 heterocycles. The number of rotatable bonds is 6. The number of thiophene rings is 1. The Morgan fingerprint density at radius 2 is 2.40 bits per heavy atom. The van der Waals surface area contributed by atoms with Gasteiger partial charge in [-0.25, -0.2) is 4.79 Å². The first-order valence-corrected chi connectivity index (χ1v) is 7.01. The number of amides is 1. The minimum atomic E-state index is -0.530. The Morgan fingerprint density at radius 3 is 3.10 bits per heavy atom. The highest BCUT2D eigenvalue weighted by molar-refractivity contribution is 7.13. The molecule has 2 aromatic heterocycles. The van der Waals surface area contributed by atoms with Gasteiger partial charge in [0.15, 0.2) is 0 Å². The molecule has 20 heavy (non-hydrogen) atoms. The number of methoxy groups -OCH3 is 1. The maximum atomic E-state index is 11.9. The Bertz CT molecular complexity index is 622. The van der Waals surface area contributed by atoms with Gasteiger partial charge in [0.1, 0.15) is 5.69 Å². The summed E-state index contributed by atoms with van der Waals surface area (Å²) < 4.78 is 4.90. The Hall–Kier alpha value is -1.99. The van der Waals surface area contributed by atoms with Gasteiger partial charge in [0.05, 0.1) is 10.6 Å². The third kappa shape index (κ3) is 3.75. The molecule has 6 nitrogen and oxygen atoms in total. The van der Waals surface area contributed by atoms with Crippen LogP contribution >= 0.6 is 11.3 Å². The van der Waals surface area contributed by atoms with E-state index in [1.54, 1.807) is 13.2 Å². The van der Waals surface area contributed by atoms with Crippen molar-refractivity contribution in [2.75, 3.05) is 20.3 Å². The maximum Gasteiger partial charge on any atom is 0.346 e. The summed E-state index contributed by atoms with van der Waals surface area (Å²) in [6, 6.07) is 5.33. The molecular weight excluding hydrogens is 278 g/mol. The van der Waals surface area contributed by atoms with E-state index < -0.39 is 5.69 Å². The van der Waals surface area contributed by atoms with Crippen LogP contribution in [0.15, 0.2) is 28.4 Å². The minimum absolute atomic E-state index is 0.120. The molecule has 0 spiro atoms. The van der Waals surface area contributed by atoms with Gasteiger partial charge in [0.2, 0.25) is 0 Å². The van der Waals surface area contributed by atoms with Gasteiger partial charge in [-0.2, -0.15) is 4.98 Å². The van der Waals surface area contributed by atoms with Crippen molar-refractivity contribution < 1.29 is 9.53 Å². The average molecular weight is 293 g/mol. The summed E-state index contributed by atoms with van der Waals surface area (Å²) in [4.78, 5) is 30.6. The lowest BCUT2D eigenvalue weighted by molar-refractivity contribution is 0.0943. The lowest BCUT2D eigenvalue weighted by atomic mass is 10.2. The number of ether oxygens (including phenoxy) is 1. The van der Waals surface area contributed by atoms with E-state index in [-0.39, 0.29) is 11.6 Å². The molecule has 0 aliphatic rings. The van der Waals surface area contributed by atoms with Crippen LogP contribution in [-0.2, 0) is 4.74 Å². The molecule has 0 aromatic carbocycles. The first-order valence-electron chi connectivity index (χ1n) is 6.13. The number of aromatic nitrogens is 2. The molecule has 0 atom stereocenters. The lowest BCUT2D eigenvalue weighted by Gasteiger charge is -2.05. The number of nitrogens with one attached hydrogen (secondary N) is 2. The van der Waals surface area contributed by atoms with Gasteiger partial charge in [-0.15, -0.1) is 11.3 Å². The van der Waals surface area contributed by atoms with Crippen molar-refractivity contribution in [2.45, 2.75) is 6.42 Å². The average Bonchev–Trinajstić information content (AvgIpc) is 2.97. The fraction of sp³-hybridized carbons (Fsp3) is 0.308. The van der Waals surface area contributed by atoms with Crippen molar-refractivity contribution in [1.29, 1.82) is 0 Å². The maximum absolute atomic E-state index is 11.9. The van der Waals surface area contributed by atoms with E-state index in [4.69, 9.17) is 4.74 Å². The predicted octanol–water partition coefficient (Wildman–Crippen LogP) is 1.26. The van der Waals surface area contributed by atoms with E-state index >= 15 is 0 Å². The fourth-order valence-electron chi connectivity index (χ4n) is 1.65. The summed E-state index contributed by atoms with van der Waals surface area (Å²) in [5, 5.41) is 4.60. The van der Waals surface area contributed by atoms with Gasteiger partial charge in [-0.1, -0.05) is 6.07 Å². The zero-order valence-electron chi connectivity index (χ0n) is 11.0. The molecule has 2 rings (SSSR count). The van der Waals surface area contributed by atoms with E-state index in [9.17, 15) is 9.59 Å². The van der Waals surface area contributed by atoms with Crippen molar-refractivity contribution in [3.05, 3.63) is 39.8 Å². The molecule has 2 aromatic rings. The van der Waals surface area contributed by atoms with E-state index in [0.29, 0.717) is 25.3 Å². The number of hydrogen-bond donors (Lipinski definition) is 2. The van der Waals surface area contributed by atoms with Crippen LogP contribution in [0.25, 0.3) is 10.6 Å². The zero-order valence-corrected chi connectivity index (χ0v) is 11.8. The largest absolute Gasteiger partial charge is 0.385 e. The molecule has 0 fully saturated rings. The number of aromatic amines is 1. The summed E-state index contributed by atoms with van der Waals surface area (Å²) >= 11 is 1.48. The Labute approximate surface area is 119 Å². The van der Waals surface area contributed by atoms with Crippen LogP contribution in [0.1, 0.15) is 16.9 Å². The van der Waals surface area contributed by atoms with E-state index in [1.165, 1.54) is 11.3 Å². The summed E-state index contributed by atoms with van der Waals surface area (Å²) in [6.45, 7) is 1.05. The number of H-pyrrole nitrogens is 1. The molecule has 106 valence electrons. The Kier molecular flexibility index (Phi) is 5.03. The summed E-state index contributed by atoms with van der Waals surface area (Å²) in [6.07, 6.45) is 0.712. The zero-order chi connectivity index (χ0) is 14.4. The van der Waals surface area contributed by atoms with Gasteiger partial charge in [-0.3, -0.25) is 4.79 Å². The second-order valence-corrected chi connectivity index (χ2v) is 5.01. The Morgan fingerprint density at radius 1 is 1.55 bits per heavy atom. The summed E-state index contributed by atoms with van der Waals surface area (Å²) in [5.41, 5.74) is 0.189. The van der Waals surface area contributed by atoms with Gasteiger partial charge in [0, 0.05) is 20.3 Å². The SMILES string of the molecule is COCCCNC(=O)c1cc(-c2cccs2)[nH]c(=O)n1. The van der Waals surface area contributed by atoms with Gasteiger partial charge in [0.25, 0.3) is 5.91 Å². The van der Waals surface area contributed by atoms with Crippen molar-refractivity contribution >= 4 is 17.2 Å². The molecule has 0 bridgehead atoms. The highest BCUT2D eigenvalue weighted by Crippen LogP contribution is 2.21. The van der Waals surface area contributed by atoms with Crippen molar-refractivity contribution in [2.24, 2.45) is 0 Å². The van der Waals surface area contributed by atoms with Crippen molar-refractivity contribution in [3.63, 3.8) is 0 Å². The van der Waals surface area contributed by atoms with Crippen LogP contribution in [0.5, 0.6) is 0 Å². The second-order valence-electron chi connectivity index (χ2n) is 4.06. The first kappa shape index (κ1) is 14.4. The van der Waals surface area contributed by atoms with Crippen LogP contribution in [0.4, 0.5) is 0 Å². The van der Waals surface area contributed by atoms with Gasteiger partial charge < -0.3 is 15.0 Å². The third-order valence-electron chi connectivity index (χ3n) is 2.57. The molecule has 0 radical (unpaired) electrons. The van der Waals surface area contributed by atoms with Crippen LogP contribution < -0.4 is 11.0 Å². The van der Waals surface area contributed by atoms with Crippen LogP contribution in [0.2, 0.25) is 0 Å². The monoisotopic (exact) mass is 293 g/mol. The molecule has 0 aliphatic carbocycles. The highest BCUT2D eigenvalue weighted by atomic mass is 32.1. The highest BCUT2D eigenvalue weighted by Gasteiger charge is 2.10. The van der Waals surface area contributed by atoms with E-state index in [0.717, 1.165) is 4.88 Å². The van der Waals surface area contributed by atoms with Crippen LogP contribution in [0, 0.1) is 0 Å². The Balaban J connectivity index is 2.12. The normalized spacial score (nSPS) is 10.4. The summed E-state index contributed by atoms with van der Waals surface area (Å²) in [7, 11) is 1.60. The quantitative estimate of drug-likeness (QED) is 0.785. The van der Waals surface area contributed by atoms with Gasteiger partial charge >= 0.3 is 5.69 Å². The van der Waals surface area contributed by atoms with E-state index in [2.05, 4.69) is 15.3 Å². The molecular formula is C13H15N3O3S. The minimum Gasteiger partial charge on any atom is -0.385 e. The molecule has 7 heteroatoms. The molecule has 0 saturated carbocycles. The van der Waals surface area contributed by atoms with E-state index in [1.807, 2.05) is 17.5 Å². The van der Waals surface area contributed by atoms with Crippen LogP contribution in [0.3, 0.4) is 0 Å². The van der Waals surface area contributed by atoms with Crippen molar-refractivity contribution in [3.8, 4) is 10.6 Å². The standard InChI is InChI=1S/C13H15N3O3S/c1-19-6-3-5-14-12(17)10-8-9(15-13(18)16-10)11-4-2-7-20-11/h2,4,7-8H,3,5-6H2,1H3,(H,14,17)(H,15,16,18). The topological polar surface area (TPSA) is 84.1 Å².